The van der Waals surface area contributed by atoms with E-state index in [0.717, 1.165) is 30.0 Å². The zero-order chi connectivity index (χ0) is 26.1. The number of amides is 1. The molecule has 2 heterocycles. The molecule has 1 aliphatic rings. The third kappa shape index (κ3) is 5.34. The lowest BCUT2D eigenvalue weighted by atomic mass is 10.00. The smallest absolute Gasteiger partial charge is 0.416 e. The maximum Gasteiger partial charge on any atom is 0.416 e. The van der Waals surface area contributed by atoms with Crippen molar-refractivity contribution in [1.29, 1.82) is 0 Å². The number of benzene rings is 2. The van der Waals surface area contributed by atoms with Crippen LogP contribution in [-0.2, 0) is 12.1 Å². The summed E-state index contributed by atoms with van der Waals surface area (Å²) < 4.78 is 85.6. The molecule has 0 atom stereocenters. The van der Waals surface area contributed by atoms with Crippen molar-refractivity contribution in [2.45, 2.75) is 25.9 Å². The first-order chi connectivity index (χ1) is 17.0. The maximum atomic E-state index is 14.9. The molecule has 0 spiro atoms. The molecule has 1 amide bonds. The lowest BCUT2D eigenvalue weighted by Gasteiger charge is -2.23. The van der Waals surface area contributed by atoms with Crippen molar-refractivity contribution >= 4 is 5.91 Å². The minimum Gasteiger partial charge on any atom is -0.484 e. The molecule has 4 rings (SSSR count). The summed E-state index contributed by atoms with van der Waals surface area (Å²) in [6, 6.07) is 8.44. The summed E-state index contributed by atoms with van der Waals surface area (Å²) in [7, 11) is 0. The largest absolute Gasteiger partial charge is 0.484 e. The predicted molar refractivity (Wildman–Crippen MR) is 119 cm³/mol. The highest BCUT2D eigenvalue weighted by molar-refractivity contribution is 6.00. The SMILES string of the molecule is Cc1ccc(C(F)(F)CNC(=O)c2c(Oc3cccc(C(F)(F)F)c3)cnc3c2OCCO3)c(C)c1. The van der Waals surface area contributed by atoms with Gasteiger partial charge in [-0.25, -0.2) is 4.98 Å². The van der Waals surface area contributed by atoms with Crippen LogP contribution in [0.2, 0.25) is 0 Å². The number of hydrogen-bond donors (Lipinski definition) is 1. The Kier molecular flexibility index (Phi) is 6.75. The first-order valence-electron chi connectivity index (χ1n) is 10.8. The lowest BCUT2D eigenvalue weighted by Crippen LogP contribution is -2.36. The number of carbonyl (C=O) groups is 1. The number of ether oxygens (including phenoxy) is 3. The Bertz CT molecular complexity index is 1290. The van der Waals surface area contributed by atoms with E-state index in [2.05, 4.69) is 10.3 Å². The third-order valence-corrected chi connectivity index (χ3v) is 5.40. The molecule has 2 aromatic carbocycles. The van der Waals surface area contributed by atoms with Crippen LogP contribution in [0.15, 0.2) is 48.7 Å². The summed E-state index contributed by atoms with van der Waals surface area (Å²) >= 11 is 0. The summed E-state index contributed by atoms with van der Waals surface area (Å²) in [4.78, 5) is 17.1. The normalized spacial score (nSPS) is 13.3. The number of halogens is 5. The fourth-order valence-corrected chi connectivity index (χ4v) is 3.73. The van der Waals surface area contributed by atoms with Gasteiger partial charge in [-0.1, -0.05) is 29.8 Å². The van der Waals surface area contributed by atoms with Crippen molar-refractivity contribution in [2.75, 3.05) is 19.8 Å². The van der Waals surface area contributed by atoms with Crippen molar-refractivity contribution in [3.8, 4) is 23.1 Å². The summed E-state index contributed by atoms with van der Waals surface area (Å²) in [6.07, 6.45) is -3.56. The number of nitrogens with zero attached hydrogens (tertiary/aromatic N) is 1. The second-order valence-corrected chi connectivity index (χ2v) is 8.16. The van der Waals surface area contributed by atoms with Gasteiger partial charge in [-0.05, 0) is 37.6 Å². The average molecular weight is 508 g/mol. The standard InChI is InChI=1S/C25H21F5N2O4/c1-14-6-7-18(15(2)10-14)24(26,27)13-32-22(33)20-19(12-31-23-21(20)34-8-9-35-23)36-17-5-3-4-16(11-17)25(28,29)30/h3-7,10-12H,8-9,13H2,1-2H3,(H,32,33). The number of alkyl halides is 5. The number of carbonyl (C=O) groups excluding carboxylic acids is 1. The Morgan fingerprint density at radius 2 is 1.81 bits per heavy atom. The van der Waals surface area contributed by atoms with Gasteiger partial charge in [0.2, 0.25) is 0 Å². The van der Waals surface area contributed by atoms with Gasteiger partial charge in [-0.2, -0.15) is 22.0 Å². The van der Waals surface area contributed by atoms with Crippen LogP contribution in [0.5, 0.6) is 23.1 Å². The fourth-order valence-electron chi connectivity index (χ4n) is 3.73. The van der Waals surface area contributed by atoms with E-state index in [1.54, 1.807) is 26.0 Å². The molecule has 36 heavy (non-hydrogen) atoms. The summed E-state index contributed by atoms with van der Waals surface area (Å²) in [6.45, 7) is 2.46. The maximum absolute atomic E-state index is 14.9. The molecule has 0 saturated carbocycles. The molecule has 6 nitrogen and oxygen atoms in total. The summed E-state index contributed by atoms with van der Waals surface area (Å²) in [5.74, 6) is -5.14. The van der Waals surface area contributed by atoms with Crippen molar-refractivity contribution in [2.24, 2.45) is 0 Å². The van der Waals surface area contributed by atoms with Gasteiger partial charge < -0.3 is 19.5 Å². The second kappa shape index (κ2) is 9.63. The first-order valence-corrected chi connectivity index (χ1v) is 10.8. The van der Waals surface area contributed by atoms with Crippen LogP contribution < -0.4 is 19.5 Å². The van der Waals surface area contributed by atoms with Gasteiger partial charge in [0.05, 0.1) is 18.3 Å². The monoisotopic (exact) mass is 508 g/mol. The van der Waals surface area contributed by atoms with Gasteiger partial charge in [0, 0.05) is 5.56 Å². The molecule has 0 radical (unpaired) electrons. The van der Waals surface area contributed by atoms with E-state index in [0.29, 0.717) is 5.56 Å². The molecule has 0 unspecified atom stereocenters. The minimum absolute atomic E-state index is 0.0424. The van der Waals surface area contributed by atoms with E-state index in [9.17, 15) is 26.7 Å². The first kappa shape index (κ1) is 25.2. The Labute approximate surface area is 203 Å². The Morgan fingerprint density at radius 1 is 1.06 bits per heavy atom. The zero-order valence-electron chi connectivity index (χ0n) is 19.2. The Morgan fingerprint density at radius 3 is 2.53 bits per heavy atom. The lowest BCUT2D eigenvalue weighted by molar-refractivity contribution is -0.137. The molecule has 3 aromatic rings. The number of rotatable bonds is 6. The molecule has 11 heteroatoms. The molecular formula is C25H21F5N2O4. The van der Waals surface area contributed by atoms with Crippen LogP contribution in [0.3, 0.4) is 0 Å². The number of nitrogens with one attached hydrogen (secondary N) is 1. The van der Waals surface area contributed by atoms with Crippen molar-refractivity contribution in [3.05, 3.63) is 76.5 Å². The van der Waals surface area contributed by atoms with E-state index in [-0.39, 0.29) is 47.5 Å². The molecule has 0 fully saturated rings. The van der Waals surface area contributed by atoms with Crippen LogP contribution in [0, 0.1) is 13.8 Å². The predicted octanol–water partition coefficient (Wildman–Crippen LogP) is 5.80. The van der Waals surface area contributed by atoms with Gasteiger partial charge in [0.15, 0.2) is 11.5 Å². The van der Waals surface area contributed by atoms with Crippen molar-refractivity contribution in [1.82, 2.24) is 10.3 Å². The van der Waals surface area contributed by atoms with E-state index in [4.69, 9.17) is 14.2 Å². The van der Waals surface area contributed by atoms with Gasteiger partial charge >= 0.3 is 6.18 Å². The highest BCUT2D eigenvalue weighted by atomic mass is 19.4. The molecule has 190 valence electrons. The van der Waals surface area contributed by atoms with Crippen LogP contribution in [-0.4, -0.2) is 30.6 Å². The van der Waals surface area contributed by atoms with E-state index < -0.39 is 30.1 Å². The Hall–Kier alpha value is -3.89. The molecule has 0 saturated heterocycles. The molecule has 0 aliphatic carbocycles. The van der Waals surface area contributed by atoms with Gasteiger partial charge in [-0.15, -0.1) is 0 Å². The highest BCUT2D eigenvalue weighted by Crippen LogP contribution is 2.40. The summed E-state index contributed by atoms with van der Waals surface area (Å²) in [5, 5.41) is 2.18. The van der Waals surface area contributed by atoms with E-state index in [1.165, 1.54) is 12.1 Å². The van der Waals surface area contributed by atoms with Crippen LogP contribution in [0.4, 0.5) is 22.0 Å². The van der Waals surface area contributed by atoms with E-state index >= 15 is 0 Å². The van der Waals surface area contributed by atoms with Gasteiger partial charge in [0.25, 0.3) is 17.7 Å². The zero-order valence-corrected chi connectivity index (χ0v) is 19.2. The molecular weight excluding hydrogens is 487 g/mol. The van der Waals surface area contributed by atoms with Gasteiger partial charge in [-0.3, -0.25) is 4.79 Å². The molecule has 1 N–H and O–H groups in total. The molecule has 1 aliphatic heterocycles. The van der Waals surface area contributed by atoms with Crippen LogP contribution >= 0.6 is 0 Å². The Balaban J connectivity index is 1.64. The summed E-state index contributed by atoms with van der Waals surface area (Å²) in [5.41, 5.74) is -0.364. The number of fused-ring (bicyclic) bond motifs is 1. The number of hydrogen-bond acceptors (Lipinski definition) is 5. The van der Waals surface area contributed by atoms with Crippen molar-refractivity contribution < 1.29 is 41.0 Å². The van der Waals surface area contributed by atoms with Crippen molar-refractivity contribution in [3.63, 3.8) is 0 Å². The topological polar surface area (TPSA) is 69.7 Å². The average Bonchev–Trinajstić information content (AvgIpc) is 2.82. The minimum atomic E-state index is -4.62. The number of aryl methyl sites for hydroxylation is 2. The third-order valence-electron chi connectivity index (χ3n) is 5.40. The van der Waals surface area contributed by atoms with Crippen LogP contribution in [0.25, 0.3) is 0 Å². The molecule has 1 aromatic heterocycles. The van der Waals surface area contributed by atoms with Gasteiger partial charge in [0.1, 0.15) is 24.5 Å². The number of aromatic nitrogens is 1. The quantitative estimate of drug-likeness (QED) is 0.426. The highest BCUT2D eigenvalue weighted by Gasteiger charge is 2.36. The van der Waals surface area contributed by atoms with Crippen LogP contribution in [0.1, 0.15) is 32.6 Å². The number of pyridine rings is 1. The second-order valence-electron chi connectivity index (χ2n) is 8.16. The molecule has 0 bridgehead atoms. The van der Waals surface area contributed by atoms with E-state index in [1.807, 2.05) is 0 Å². The fraction of sp³-hybridized carbons (Fsp3) is 0.280.